The molecule has 15 heavy (non-hydrogen) atoms. The molecule has 3 N–H and O–H groups in total. The second-order valence-corrected chi connectivity index (χ2v) is 3.87. The van der Waals surface area contributed by atoms with E-state index in [1.165, 1.54) is 12.8 Å². The fourth-order valence-corrected chi connectivity index (χ4v) is 1.46. The zero-order valence-corrected chi connectivity index (χ0v) is 8.57. The van der Waals surface area contributed by atoms with Crippen LogP contribution in [0.1, 0.15) is 24.8 Å². The van der Waals surface area contributed by atoms with Crippen LogP contribution in [0.5, 0.6) is 5.75 Å². The van der Waals surface area contributed by atoms with Crippen LogP contribution in [-0.4, -0.2) is 17.4 Å². The van der Waals surface area contributed by atoms with Gasteiger partial charge in [-0.2, -0.15) is 0 Å². The molecule has 0 amide bonds. The predicted octanol–water partition coefficient (Wildman–Crippen LogP) is 1.54. The van der Waals surface area contributed by atoms with Crippen LogP contribution in [0.2, 0.25) is 0 Å². The first kappa shape index (κ1) is 9.96. The van der Waals surface area contributed by atoms with E-state index >= 15 is 0 Å². The lowest BCUT2D eigenvalue weighted by Gasteiger charge is -2.09. The van der Waals surface area contributed by atoms with Crippen molar-refractivity contribution in [2.75, 3.05) is 6.61 Å². The number of hydrogen-bond acceptors (Lipinski definition) is 3. The monoisotopic (exact) mass is 205 g/mol. The molecule has 0 aliphatic heterocycles. The number of ether oxygens (including phenoxy) is 1. The van der Waals surface area contributed by atoms with Gasteiger partial charge in [0, 0.05) is 6.20 Å². The van der Waals surface area contributed by atoms with E-state index < -0.39 is 0 Å². The number of pyridine rings is 1. The van der Waals surface area contributed by atoms with Crippen molar-refractivity contribution in [3.63, 3.8) is 0 Å². The first-order chi connectivity index (χ1) is 7.27. The van der Waals surface area contributed by atoms with Crippen molar-refractivity contribution in [1.29, 1.82) is 5.41 Å². The van der Waals surface area contributed by atoms with Crippen molar-refractivity contribution in [1.82, 2.24) is 4.98 Å². The zero-order chi connectivity index (χ0) is 10.7. The minimum atomic E-state index is 0.0267. The lowest BCUT2D eigenvalue weighted by Crippen LogP contribution is -2.13. The molecule has 4 nitrogen and oxygen atoms in total. The topological polar surface area (TPSA) is 72.0 Å². The second kappa shape index (κ2) is 4.29. The quantitative estimate of drug-likeness (QED) is 0.565. The fraction of sp³-hybridized carbons (Fsp3) is 0.455. The van der Waals surface area contributed by atoms with Crippen molar-refractivity contribution < 1.29 is 4.74 Å². The molecule has 0 atom stereocenters. The van der Waals surface area contributed by atoms with Crippen LogP contribution < -0.4 is 10.5 Å². The van der Waals surface area contributed by atoms with Gasteiger partial charge in [0.25, 0.3) is 0 Å². The molecule has 0 unspecified atom stereocenters. The lowest BCUT2D eigenvalue weighted by atomic mass is 10.2. The lowest BCUT2D eigenvalue weighted by molar-refractivity contribution is 0.301. The average molecular weight is 205 g/mol. The standard InChI is InChI=1S/C11H15N3O/c12-11(13)9-3-5-14-7-10(9)15-6-4-8-1-2-8/h3,5,7-8H,1-2,4,6H2,(H3,12,13). The molecule has 1 aromatic rings. The minimum Gasteiger partial charge on any atom is -0.491 e. The molecule has 0 radical (unpaired) electrons. The van der Waals surface area contributed by atoms with Gasteiger partial charge in [-0.25, -0.2) is 0 Å². The molecule has 80 valence electrons. The molecule has 1 saturated carbocycles. The number of nitrogens with two attached hydrogens (primary N) is 1. The number of aromatic nitrogens is 1. The SMILES string of the molecule is N=C(N)c1ccncc1OCCC1CC1. The van der Waals surface area contributed by atoms with Crippen LogP contribution in [0.3, 0.4) is 0 Å². The highest BCUT2D eigenvalue weighted by Gasteiger charge is 2.20. The Balaban J connectivity index is 1.95. The van der Waals surface area contributed by atoms with Gasteiger partial charge < -0.3 is 10.5 Å². The maximum Gasteiger partial charge on any atom is 0.148 e. The predicted molar refractivity (Wildman–Crippen MR) is 58.1 cm³/mol. The second-order valence-electron chi connectivity index (χ2n) is 3.87. The summed E-state index contributed by atoms with van der Waals surface area (Å²) in [6.07, 6.45) is 6.98. The van der Waals surface area contributed by atoms with Gasteiger partial charge in [0.05, 0.1) is 18.4 Å². The summed E-state index contributed by atoms with van der Waals surface area (Å²) in [7, 11) is 0. The summed E-state index contributed by atoms with van der Waals surface area (Å²) < 4.78 is 5.57. The molecule has 1 aliphatic rings. The minimum absolute atomic E-state index is 0.0267. The highest BCUT2D eigenvalue weighted by atomic mass is 16.5. The molecule has 4 heteroatoms. The molecule has 0 saturated heterocycles. The van der Waals surface area contributed by atoms with Gasteiger partial charge in [0.1, 0.15) is 11.6 Å². The Morgan fingerprint density at radius 3 is 3.07 bits per heavy atom. The van der Waals surface area contributed by atoms with E-state index in [-0.39, 0.29) is 5.84 Å². The molecule has 1 aliphatic carbocycles. The van der Waals surface area contributed by atoms with E-state index in [0.29, 0.717) is 17.9 Å². The molecule has 0 spiro atoms. The summed E-state index contributed by atoms with van der Waals surface area (Å²) >= 11 is 0. The van der Waals surface area contributed by atoms with Crippen LogP contribution in [0.15, 0.2) is 18.5 Å². The third kappa shape index (κ3) is 2.68. The Morgan fingerprint density at radius 1 is 1.60 bits per heavy atom. The molecule has 0 aromatic carbocycles. The number of amidine groups is 1. The summed E-state index contributed by atoms with van der Waals surface area (Å²) in [5.74, 6) is 1.49. The first-order valence-corrected chi connectivity index (χ1v) is 5.18. The van der Waals surface area contributed by atoms with Crippen LogP contribution >= 0.6 is 0 Å². The summed E-state index contributed by atoms with van der Waals surface area (Å²) in [6, 6.07) is 1.70. The van der Waals surface area contributed by atoms with E-state index in [0.717, 1.165) is 12.3 Å². The van der Waals surface area contributed by atoms with Crippen LogP contribution in [0.25, 0.3) is 0 Å². The molecular formula is C11H15N3O. The number of nitrogen functional groups attached to an aromatic ring is 1. The summed E-state index contributed by atoms with van der Waals surface area (Å²) in [6.45, 7) is 0.691. The molecule has 1 heterocycles. The van der Waals surface area contributed by atoms with Crippen molar-refractivity contribution in [2.24, 2.45) is 11.7 Å². The smallest absolute Gasteiger partial charge is 0.148 e. The summed E-state index contributed by atoms with van der Waals surface area (Å²) in [4.78, 5) is 3.96. The third-order valence-corrected chi connectivity index (χ3v) is 2.56. The summed E-state index contributed by atoms with van der Waals surface area (Å²) in [5.41, 5.74) is 6.06. The van der Waals surface area contributed by atoms with Gasteiger partial charge >= 0.3 is 0 Å². The van der Waals surface area contributed by atoms with E-state index in [1.807, 2.05) is 0 Å². The summed E-state index contributed by atoms with van der Waals surface area (Å²) in [5, 5.41) is 7.38. The molecular weight excluding hydrogens is 190 g/mol. The molecule has 1 fully saturated rings. The first-order valence-electron chi connectivity index (χ1n) is 5.18. The van der Waals surface area contributed by atoms with Crippen molar-refractivity contribution in [2.45, 2.75) is 19.3 Å². The Hall–Kier alpha value is -1.58. The zero-order valence-electron chi connectivity index (χ0n) is 8.57. The average Bonchev–Trinajstić information content (AvgIpc) is 3.02. The van der Waals surface area contributed by atoms with E-state index in [4.69, 9.17) is 15.9 Å². The van der Waals surface area contributed by atoms with E-state index in [2.05, 4.69) is 4.98 Å². The molecule has 1 aromatic heterocycles. The fourth-order valence-electron chi connectivity index (χ4n) is 1.46. The van der Waals surface area contributed by atoms with Crippen molar-refractivity contribution in [3.8, 4) is 5.75 Å². The normalized spacial score (nSPS) is 14.9. The maximum atomic E-state index is 7.38. The van der Waals surface area contributed by atoms with Crippen LogP contribution in [0.4, 0.5) is 0 Å². The molecule has 2 rings (SSSR count). The number of hydrogen-bond donors (Lipinski definition) is 2. The number of nitrogens with one attached hydrogen (secondary N) is 1. The Morgan fingerprint density at radius 2 is 2.40 bits per heavy atom. The van der Waals surface area contributed by atoms with Crippen molar-refractivity contribution >= 4 is 5.84 Å². The maximum absolute atomic E-state index is 7.38. The van der Waals surface area contributed by atoms with Gasteiger partial charge in [-0.05, 0) is 18.4 Å². The van der Waals surface area contributed by atoms with Gasteiger partial charge in [-0.1, -0.05) is 12.8 Å². The van der Waals surface area contributed by atoms with E-state index in [9.17, 15) is 0 Å². The van der Waals surface area contributed by atoms with Gasteiger partial charge in [-0.3, -0.25) is 10.4 Å². The number of nitrogens with zero attached hydrogens (tertiary/aromatic N) is 1. The van der Waals surface area contributed by atoms with Gasteiger partial charge in [0.2, 0.25) is 0 Å². The van der Waals surface area contributed by atoms with Gasteiger partial charge in [0.15, 0.2) is 0 Å². The Labute approximate surface area is 89.0 Å². The highest BCUT2D eigenvalue weighted by Crippen LogP contribution is 2.32. The molecule has 0 bridgehead atoms. The Kier molecular flexibility index (Phi) is 2.85. The highest BCUT2D eigenvalue weighted by molar-refractivity contribution is 5.97. The van der Waals surface area contributed by atoms with E-state index in [1.54, 1.807) is 18.5 Å². The largest absolute Gasteiger partial charge is 0.491 e. The van der Waals surface area contributed by atoms with Gasteiger partial charge in [-0.15, -0.1) is 0 Å². The third-order valence-electron chi connectivity index (χ3n) is 2.56. The Bertz CT molecular complexity index is 361. The van der Waals surface area contributed by atoms with Crippen LogP contribution in [0, 0.1) is 11.3 Å². The number of rotatable bonds is 5. The van der Waals surface area contributed by atoms with Crippen molar-refractivity contribution in [3.05, 3.63) is 24.0 Å². The van der Waals surface area contributed by atoms with Crippen LogP contribution in [-0.2, 0) is 0 Å².